The van der Waals surface area contributed by atoms with E-state index in [1.807, 2.05) is 43.3 Å². The van der Waals surface area contributed by atoms with Gasteiger partial charge in [0.05, 0.1) is 0 Å². The first-order valence-corrected chi connectivity index (χ1v) is 7.85. The normalized spacial score (nSPS) is 21.2. The predicted octanol–water partition coefficient (Wildman–Crippen LogP) is 0.959. The fraction of sp³-hybridized carbons (Fsp3) is 0.529. The van der Waals surface area contributed by atoms with Crippen LogP contribution in [0.4, 0.5) is 5.69 Å². The summed E-state index contributed by atoms with van der Waals surface area (Å²) in [4.78, 5) is 26.9. The van der Waals surface area contributed by atoms with Crippen LogP contribution >= 0.6 is 0 Å². The Hall–Kier alpha value is -2.08. The third-order valence-electron chi connectivity index (χ3n) is 4.29. The zero-order valence-electron chi connectivity index (χ0n) is 14.0. The summed E-state index contributed by atoms with van der Waals surface area (Å²) in [5, 5.41) is 12.0. The van der Waals surface area contributed by atoms with Crippen molar-refractivity contribution >= 4 is 17.6 Å². The van der Waals surface area contributed by atoms with E-state index in [4.69, 9.17) is 5.11 Å². The van der Waals surface area contributed by atoms with Crippen LogP contribution in [-0.2, 0) is 16.0 Å². The zero-order valence-corrected chi connectivity index (χ0v) is 14.0. The summed E-state index contributed by atoms with van der Waals surface area (Å²) in [5.41, 5.74) is 2.25. The molecule has 0 aromatic heterocycles. The SMILES string of the molecule is CN(C)c1ccc(CCC(=O)N[C@@H]2C[C@@H](C(=O)O)N(C)C2)cc1. The van der Waals surface area contributed by atoms with Gasteiger partial charge in [-0.1, -0.05) is 12.1 Å². The number of carboxylic acids is 1. The fourth-order valence-electron chi connectivity index (χ4n) is 2.91. The van der Waals surface area contributed by atoms with Gasteiger partial charge in [-0.15, -0.1) is 0 Å². The Morgan fingerprint density at radius 3 is 2.48 bits per heavy atom. The maximum Gasteiger partial charge on any atom is 0.320 e. The molecule has 1 aliphatic heterocycles. The molecule has 1 aliphatic rings. The van der Waals surface area contributed by atoms with Crippen molar-refractivity contribution in [3.63, 3.8) is 0 Å². The number of nitrogens with one attached hydrogen (secondary N) is 1. The lowest BCUT2D eigenvalue weighted by Crippen LogP contribution is -2.36. The summed E-state index contributed by atoms with van der Waals surface area (Å²) in [6.45, 7) is 0.584. The van der Waals surface area contributed by atoms with Gasteiger partial charge in [0.25, 0.3) is 0 Å². The van der Waals surface area contributed by atoms with Crippen molar-refractivity contribution in [1.82, 2.24) is 10.2 Å². The Kier molecular flexibility index (Phi) is 5.60. The molecule has 0 saturated carbocycles. The molecule has 6 heteroatoms. The molecular formula is C17H25N3O3. The topological polar surface area (TPSA) is 72.9 Å². The molecular weight excluding hydrogens is 294 g/mol. The van der Waals surface area contributed by atoms with Crippen molar-refractivity contribution < 1.29 is 14.7 Å². The number of aryl methyl sites for hydroxylation is 1. The largest absolute Gasteiger partial charge is 0.480 e. The number of nitrogens with zero attached hydrogens (tertiary/aromatic N) is 2. The van der Waals surface area contributed by atoms with Gasteiger partial charge in [0.15, 0.2) is 0 Å². The van der Waals surface area contributed by atoms with Crippen molar-refractivity contribution in [2.75, 3.05) is 32.6 Å². The van der Waals surface area contributed by atoms with E-state index in [9.17, 15) is 9.59 Å². The summed E-state index contributed by atoms with van der Waals surface area (Å²) in [6.07, 6.45) is 1.57. The van der Waals surface area contributed by atoms with Crippen LogP contribution in [0.25, 0.3) is 0 Å². The molecule has 1 heterocycles. The van der Waals surface area contributed by atoms with E-state index in [0.29, 0.717) is 25.8 Å². The van der Waals surface area contributed by atoms with Crippen molar-refractivity contribution in [2.45, 2.75) is 31.3 Å². The smallest absolute Gasteiger partial charge is 0.320 e. The van der Waals surface area contributed by atoms with Crippen LogP contribution < -0.4 is 10.2 Å². The van der Waals surface area contributed by atoms with Gasteiger partial charge in [0.2, 0.25) is 5.91 Å². The molecule has 0 spiro atoms. The number of likely N-dealkylation sites (N-methyl/N-ethyl adjacent to an activating group) is 1. The Labute approximate surface area is 137 Å². The molecule has 1 amide bonds. The van der Waals surface area contributed by atoms with E-state index in [0.717, 1.165) is 11.3 Å². The lowest BCUT2D eigenvalue weighted by molar-refractivity contribution is -0.141. The van der Waals surface area contributed by atoms with Gasteiger partial charge >= 0.3 is 5.97 Å². The van der Waals surface area contributed by atoms with Crippen molar-refractivity contribution in [2.24, 2.45) is 0 Å². The zero-order chi connectivity index (χ0) is 17.0. The quantitative estimate of drug-likeness (QED) is 0.817. The van der Waals surface area contributed by atoms with Gasteiger partial charge in [-0.25, -0.2) is 0 Å². The van der Waals surface area contributed by atoms with Crippen LogP contribution in [0.15, 0.2) is 24.3 Å². The van der Waals surface area contributed by atoms with Gasteiger partial charge in [-0.05, 0) is 37.6 Å². The number of rotatable bonds is 6. The lowest BCUT2D eigenvalue weighted by Gasteiger charge is -2.14. The summed E-state index contributed by atoms with van der Waals surface area (Å²) in [5.74, 6) is -0.851. The van der Waals surface area contributed by atoms with E-state index >= 15 is 0 Å². The minimum atomic E-state index is -0.828. The number of benzene rings is 1. The standard InChI is InChI=1S/C17H25N3O3/c1-19(2)14-7-4-12(5-8-14)6-9-16(21)18-13-10-15(17(22)23)20(3)11-13/h4-5,7-8,13,15H,6,9-11H2,1-3H3,(H,18,21)(H,22,23)/t13-,15+/m1/s1. The molecule has 2 N–H and O–H groups in total. The van der Waals surface area contributed by atoms with Gasteiger partial charge in [0, 0.05) is 38.8 Å². The van der Waals surface area contributed by atoms with Crippen LogP contribution in [0.1, 0.15) is 18.4 Å². The molecule has 1 saturated heterocycles. The third kappa shape index (κ3) is 4.69. The highest BCUT2D eigenvalue weighted by Crippen LogP contribution is 2.17. The van der Waals surface area contributed by atoms with E-state index in [1.54, 1.807) is 11.9 Å². The molecule has 23 heavy (non-hydrogen) atoms. The molecule has 0 radical (unpaired) electrons. The van der Waals surface area contributed by atoms with Crippen molar-refractivity contribution in [1.29, 1.82) is 0 Å². The number of anilines is 1. The van der Waals surface area contributed by atoms with E-state index in [2.05, 4.69) is 5.32 Å². The average molecular weight is 319 g/mol. The van der Waals surface area contributed by atoms with Gasteiger partial charge in [-0.3, -0.25) is 14.5 Å². The van der Waals surface area contributed by atoms with E-state index in [1.165, 1.54) is 0 Å². The summed E-state index contributed by atoms with van der Waals surface area (Å²) in [7, 11) is 5.76. The van der Waals surface area contributed by atoms with E-state index < -0.39 is 12.0 Å². The van der Waals surface area contributed by atoms with Crippen LogP contribution in [0.5, 0.6) is 0 Å². The number of aliphatic carboxylic acids is 1. The highest BCUT2D eigenvalue weighted by Gasteiger charge is 2.34. The molecule has 1 aromatic carbocycles. The molecule has 0 aliphatic carbocycles. The number of hydrogen-bond donors (Lipinski definition) is 2. The van der Waals surface area contributed by atoms with Crippen LogP contribution in [0, 0.1) is 0 Å². The first kappa shape index (κ1) is 17.3. The van der Waals surface area contributed by atoms with Crippen LogP contribution in [0.2, 0.25) is 0 Å². The lowest BCUT2D eigenvalue weighted by atomic mass is 10.1. The maximum atomic E-state index is 12.0. The van der Waals surface area contributed by atoms with Crippen molar-refractivity contribution in [3.05, 3.63) is 29.8 Å². The van der Waals surface area contributed by atoms with Gasteiger partial charge in [0.1, 0.15) is 6.04 Å². The molecule has 0 bridgehead atoms. The van der Waals surface area contributed by atoms with Crippen LogP contribution in [0.3, 0.4) is 0 Å². The van der Waals surface area contributed by atoms with E-state index in [-0.39, 0.29) is 11.9 Å². The second-order valence-corrected chi connectivity index (χ2v) is 6.35. The molecule has 0 unspecified atom stereocenters. The first-order valence-electron chi connectivity index (χ1n) is 7.85. The second-order valence-electron chi connectivity index (χ2n) is 6.35. The fourth-order valence-corrected chi connectivity index (χ4v) is 2.91. The Bertz CT molecular complexity index is 557. The molecule has 1 aromatic rings. The summed E-state index contributed by atoms with van der Waals surface area (Å²) < 4.78 is 0. The Morgan fingerprint density at radius 2 is 1.96 bits per heavy atom. The molecule has 2 atom stereocenters. The average Bonchev–Trinajstić information content (AvgIpc) is 2.86. The molecule has 126 valence electrons. The summed E-state index contributed by atoms with van der Waals surface area (Å²) in [6, 6.07) is 7.56. The van der Waals surface area contributed by atoms with Crippen LogP contribution in [-0.4, -0.2) is 61.7 Å². The first-order chi connectivity index (χ1) is 10.9. The Morgan fingerprint density at radius 1 is 1.30 bits per heavy atom. The second kappa shape index (κ2) is 7.46. The number of carbonyl (C=O) groups is 2. The van der Waals surface area contributed by atoms with Gasteiger partial charge < -0.3 is 15.3 Å². The predicted molar refractivity (Wildman–Crippen MR) is 89.7 cm³/mol. The van der Waals surface area contributed by atoms with Gasteiger partial charge in [-0.2, -0.15) is 0 Å². The highest BCUT2D eigenvalue weighted by molar-refractivity contribution is 5.77. The highest BCUT2D eigenvalue weighted by atomic mass is 16.4. The summed E-state index contributed by atoms with van der Waals surface area (Å²) >= 11 is 0. The maximum absolute atomic E-state index is 12.0. The number of carbonyl (C=O) groups excluding carboxylic acids is 1. The number of likely N-dealkylation sites (tertiary alicyclic amines) is 1. The third-order valence-corrected chi connectivity index (χ3v) is 4.29. The van der Waals surface area contributed by atoms with Crippen molar-refractivity contribution in [3.8, 4) is 0 Å². The minimum absolute atomic E-state index is 0.0221. The minimum Gasteiger partial charge on any atom is -0.480 e. The number of carboxylic acid groups (broad SMARTS) is 1. The number of amides is 1. The molecule has 6 nitrogen and oxygen atoms in total. The Balaban J connectivity index is 1.78. The number of hydrogen-bond acceptors (Lipinski definition) is 4. The molecule has 2 rings (SSSR count). The molecule has 1 fully saturated rings. The monoisotopic (exact) mass is 319 g/mol.